The van der Waals surface area contributed by atoms with Crippen LogP contribution in [0.15, 0.2) is 78.0 Å². The smallest absolute Gasteiger partial charge is 0.234 e. The summed E-state index contributed by atoms with van der Waals surface area (Å²) in [6.45, 7) is 0. The Balaban J connectivity index is 1.32. The Bertz CT molecular complexity index is 1060. The maximum Gasteiger partial charge on any atom is 0.234 e. The molecule has 6 heteroatoms. The molecule has 0 saturated carbocycles. The van der Waals surface area contributed by atoms with Crippen molar-refractivity contribution in [3.05, 3.63) is 84.2 Å². The summed E-state index contributed by atoms with van der Waals surface area (Å²) in [6.07, 6.45) is 0.692. The van der Waals surface area contributed by atoms with E-state index in [4.69, 9.17) is 0 Å². The number of carbonyl (C=O) groups is 1. The zero-order valence-corrected chi connectivity index (χ0v) is 15.4. The van der Waals surface area contributed by atoms with Crippen LogP contribution in [0.3, 0.4) is 0 Å². The van der Waals surface area contributed by atoms with Gasteiger partial charge in [0.1, 0.15) is 5.82 Å². The molecule has 27 heavy (non-hydrogen) atoms. The third-order valence-electron chi connectivity index (χ3n) is 4.09. The minimum Gasteiger partial charge on any atom is -0.325 e. The Labute approximate surface area is 161 Å². The van der Waals surface area contributed by atoms with Crippen molar-refractivity contribution in [3.63, 3.8) is 0 Å². The Morgan fingerprint density at radius 1 is 0.963 bits per heavy atom. The number of carbonyl (C=O) groups excluding carboxylic acids is 1. The van der Waals surface area contributed by atoms with Crippen molar-refractivity contribution in [2.75, 3.05) is 11.1 Å². The molecule has 1 aromatic heterocycles. The van der Waals surface area contributed by atoms with E-state index in [0.29, 0.717) is 11.6 Å². The molecular formula is C21H18N4OS. The molecule has 5 nitrogen and oxygen atoms in total. The van der Waals surface area contributed by atoms with Crippen molar-refractivity contribution < 1.29 is 4.79 Å². The summed E-state index contributed by atoms with van der Waals surface area (Å²) < 4.78 is 0. The lowest BCUT2D eigenvalue weighted by Gasteiger charge is -2.05. The molecule has 4 rings (SSSR count). The van der Waals surface area contributed by atoms with Gasteiger partial charge in [-0.3, -0.25) is 9.89 Å². The first-order valence-corrected chi connectivity index (χ1v) is 9.61. The average Bonchev–Trinajstić information content (AvgIpc) is 3.14. The molecule has 0 spiro atoms. The second-order valence-electron chi connectivity index (χ2n) is 6.13. The number of amides is 1. The monoisotopic (exact) mass is 374 g/mol. The van der Waals surface area contributed by atoms with E-state index in [1.54, 1.807) is 0 Å². The molecule has 0 fully saturated rings. The van der Waals surface area contributed by atoms with Gasteiger partial charge >= 0.3 is 0 Å². The molecule has 3 aromatic carbocycles. The van der Waals surface area contributed by atoms with Crippen molar-refractivity contribution in [1.82, 2.24) is 15.2 Å². The minimum atomic E-state index is -0.0790. The fourth-order valence-corrected chi connectivity index (χ4v) is 3.42. The topological polar surface area (TPSA) is 70.7 Å². The molecule has 134 valence electrons. The molecule has 0 aliphatic heterocycles. The SMILES string of the molecule is O=C(CSc1n[nH]c(Cc2ccccc2)n1)Nc1ccc2ccccc2c1. The first-order chi connectivity index (χ1) is 13.3. The summed E-state index contributed by atoms with van der Waals surface area (Å²) in [7, 11) is 0. The number of nitrogens with one attached hydrogen (secondary N) is 2. The molecule has 0 bridgehead atoms. The van der Waals surface area contributed by atoms with E-state index in [-0.39, 0.29) is 11.7 Å². The van der Waals surface area contributed by atoms with E-state index in [2.05, 4.69) is 20.5 Å². The molecule has 1 heterocycles. The quantitative estimate of drug-likeness (QED) is 0.494. The first-order valence-electron chi connectivity index (χ1n) is 8.63. The van der Waals surface area contributed by atoms with Gasteiger partial charge in [-0.1, -0.05) is 72.4 Å². The van der Waals surface area contributed by atoms with Crippen molar-refractivity contribution in [2.24, 2.45) is 0 Å². The lowest BCUT2D eigenvalue weighted by atomic mass is 10.1. The van der Waals surface area contributed by atoms with Crippen LogP contribution >= 0.6 is 11.8 Å². The zero-order valence-electron chi connectivity index (χ0n) is 14.6. The van der Waals surface area contributed by atoms with Gasteiger partial charge in [-0.15, -0.1) is 5.10 Å². The second kappa shape index (κ2) is 8.05. The number of fused-ring (bicyclic) bond motifs is 1. The largest absolute Gasteiger partial charge is 0.325 e. The van der Waals surface area contributed by atoms with Gasteiger partial charge in [-0.25, -0.2) is 4.98 Å². The molecule has 0 radical (unpaired) electrons. The van der Waals surface area contributed by atoms with Gasteiger partial charge in [0.05, 0.1) is 5.75 Å². The highest BCUT2D eigenvalue weighted by molar-refractivity contribution is 7.99. The van der Waals surface area contributed by atoms with E-state index in [9.17, 15) is 4.79 Å². The van der Waals surface area contributed by atoms with Crippen molar-refractivity contribution in [1.29, 1.82) is 0 Å². The number of aromatic amines is 1. The van der Waals surface area contributed by atoms with Gasteiger partial charge in [-0.05, 0) is 28.5 Å². The van der Waals surface area contributed by atoms with Crippen LogP contribution in [0.5, 0.6) is 0 Å². The maximum atomic E-state index is 12.2. The van der Waals surface area contributed by atoms with E-state index >= 15 is 0 Å². The highest BCUT2D eigenvalue weighted by Gasteiger charge is 2.09. The van der Waals surface area contributed by atoms with Crippen LogP contribution in [0.1, 0.15) is 11.4 Å². The van der Waals surface area contributed by atoms with Crippen LogP contribution in [0.2, 0.25) is 0 Å². The predicted octanol–water partition coefficient (Wildman–Crippen LogP) is 4.28. The van der Waals surface area contributed by atoms with Crippen LogP contribution in [-0.4, -0.2) is 26.8 Å². The fraction of sp³-hybridized carbons (Fsp3) is 0.0952. The summed E-state index contributed by atoms with van der Waals surface area (Å²) in [5.41, 5.74) is 1.96. The molecule has 0 saturated heterocycles. The molecule has 0 aliphatic carbocycles. The number of anilines is 1. The van der Waals surface area contributed by atoms with E-state index in [1.807, 2.05) is 72.8 Å². The predicted molar refractivity (Wildman–Crippen MR) is 109 cm³/mol. The summed E-state index contributed by atoms with van der Waals surface area (Å²) in [6, 6.07) is 24.0. The second-order valence-corrected chi connectivity index (χ2v) is 7.07. The van der Waals surface area contributed by atoms with Crippen LogP contribution in [-0.2, 0) is 11.2 Å². The Hall–Kier alpha value is -3.12. The number of nitrogens with zero attached hydrogens (tertiary/aromatic N) is 2. The summed E-state index contributed by atoms with van der Waals surface area (Å²) in [4.78, 5) is 16.7. The van der Waals surface area contributed by atoms with Gasteiger partial charge in [0.15, 0.2) is 0 Å². The lowest BCUT2D eigenvalue weighted by Crippen LogP contribution is -2.14. The molecule has 0 atom stereocenters. The van der Waals surface area contributed by atoms with Crippen molar-refractivity contribution >= 4 is 34.1 Å². The standard InChI is InChI=1S/C21H18N4OS/c26-20(22-18-11-10-16-8-4-5-9-17(16)13-18)14-27-21-23-19(24-25-21)12-15-6-2-1-3-7-15/h1-11,13H,12,14H2,(H,22,26)(H,23,24,25). The normalized spacial score (nSPS) is 10.8. The van der Waals surface area contributed by atoms with E-state index in [1.165, 1.54) is 17.3 Å². The number of hydrogen-bond donors (Lipinski definition) is 2. The Kier molecular flexibility index (Phi) is 5.16. The van der Waals surface area contributed by atoms with Crippen LogP contribution < -0.4 is 5.32 Å². The number of rotatable bonds is 6. The van der Waals surface area contributed by atoms with Crippen LogP contribution in [0, 0.1) is 0 Å². The van der Waals surface area contributed by atoms with Gasteiger partial charge in [0.2, 0.25) is 11.1 Å². The third kappa shape index (κ3) is 4.54. The van der Waals surface area contributed by atoms with Crippen LogP contribution in [0.25, 0.3) is 10.8 Å². The molecule has 2 N–H and O–H groups in total. The maximum absolute atomic E-state index is 12.2. The van der Waals surface area contributed by atoms with E-state index in [0.717, 1.165) is 22.3 Å². The van der Waals surface area contributed by atoms with Gasteiger partial charge < -0.3 is 5.32 Å². The zero-order chi connectivity index (χ0) is 18.5. The highest BCUT2D eigenvalue weighted by atomic mass is 32.2. The van der Waals surface area contributed by atoms with Gasteiger partial charge in [0, 0.05) is 12.1 Å². The number of aromatic nitrogens is 3. The molecule has 0 aliphatic rings. The number of H-pyrrole nitrogens is 1. The molecule has 1 amide bonds. The number of benzene rings is 3. The fourth-order valence-electron chi connectivity index (χ4n) is 2.80. The summed E-state index contributed by atoms with van der Waals surface area (Å²) in [5, 5.41) is 12.9. The molecule has 0 unspecified atom stereocenters. The minimum absolute atomic E-state index is 0.0790. The van der Waals surface area contributed by atoms with E-state index < -0.39 is 0 Å². The Morgan fingerprint density at radius 3 is 2.59 bits per heavy atom. The van der Waals surface area contributed by atoms with Gasteiger partial charge in [0.25, 0.3) is 0 Å². The van der Waals surface area contributed by atoms with Crippen LogP contribution in [0.4, 0.5) is 5.69 Å². The van der Waals surface area contributed by atoms with Gasteiger partial charge in [-0.2, -0.15) is 0 Å². The summed E-state index contributed by atoms with van der Waals surface area (Å²) in [5.74, 6) is 0.971. The third-order valence-corrected chi connectivity index (χ3v) is 4.94. The first kappa shape index (κ1) is 17.3. The summed E-state index contributed by atoms with van der Waals surface area (Å²) >= 11 is 1.32. The number of hydrogen-bond acceptors (Lipinski definition) is 4. The number of thioether (sulfide) groups is 1. The highest BCUT2D eigenvalue weighted by Crippen LogP contribution is 2.20. The molecular weight excluding hydrogens is 356 g/mol. The van der Waals surface area contributed by atoms with Crippen molar-refractivity contribution in [2.45, 2.75) is 11.6 Å². The Morgan fingerprint density at radius 2 is 1.74 bits per heavy atom. The average molecular weight is 374 g/mol. The van der Waals surface area contributed by atoms with Crippen molar-refractivity contribution in [3.8, 4) is 0 Å². The molecule has 4 aromatic rings. The lowest BCUT2D eigenvalue weighted by molar-refractivity contribution is -0.113.